The summed E-state index contributed by atoms with van der Waals surface area (Å²) < 4.78 is 4.75. The van der Waals surface area contributed by atoms with Crippen molar-refractivity contribution < 1.29 is 19.1 Å². The zero-order chi connectivity index (χ0) is 17.1. The molecular weight excluding hydrogens is 306 g/mol. The normalized spacial score (nSPS) is 23.0. The van der Waals surface area contributed by atoms with E-state index in [-0.39, 0.29) is 18.3 Å². The lowest BCUT2D eigenvalue weighted by Gasteiger charge is -2.31. The van der Waals surface area contributed by atoms with Crippen molar-refractivity contribution in [3.05, 3.63) is 47.8 Å². The molecule has 0 radical (unpaired) electrons. The second-order valence-corrected chi connectivity index (χ2v) is 6.01. The summed E-state index contributed by atoms with van der Waals surface area (Å²) in [4.78, 5) is 40.7. The van der Waals surface area contributed by atoms with Gasteiger partial charge in [0.05, 0.1) is 12.5 Å². The summed E-state index contributed by atoms with van der Waals surface area (Å²) in [6, 6.07) is 3.78. The zero-order valence-corrected chi connectivity index (χ0v) is 13.5. The van der Waals surface area contributed by atoms with E-state index < -0.39 is 17.7 Å². The van der Waals surface area contributed by atoms with Gasteiger partial charge >= 0.3 is 5.97 Å². The van der Waals surface area contributed by atoms with Crippen LogP contribution in [0.15, 0.2) is 42.3 Å². The maximum absolute atomic E-state index is 12.7. The second-order valence-electron chi connectivity index (χ2n) is 6.01. The Balaban J connectivity index is 1.84. The Bertz CT molecular complexity index is 733. The van der Waals surface area contributed by atoms with Gasteiger partial charge in [-0.2, -0.15) is 0 Å². The first kappa shape index (κ1) is 16.3. The van der Waals surface area contributed by atoms with E-state index in [1.807, 2.05) is 18.2 Å². The molecule has 1 fully saturated rings. The molecule has 5 nitrogen and oxygen atoms in total. The van der Waals surface area contributed by atoms with Crippen LogP contribution in [0.3, 0.4) is 0 Å². The number of pyridine rings is 1. The summed E-state index contributed by atoms with van der Waals surface area (Å²) >= 11 is 0. The van der Waals surface area contributed by atoms with Crippen LogP contribution in [-0.4, -0.2) is 29.1 Å². The quantitative estimate of drug-likeness (QED) is 0.483. The molecule has 1 saturated carbocycles. The van der Waals surface area contributed by atoms with E-state index in [9.17, 15) is 14.4 Å². The minimum atomic E-state index is -0.909. The number of fused-ring (bicyclic) bond motifs is 1. The van der Waals surface area contributed by atoms with Crippen LogP contribution in [0.4, 0.5) is 0 Å². The molecular formula is C19H19NO4. The predicted octanol–water partition coefficient (Wildman–Crippen LogP) is 2.52. The lowest BCUT2D eigenvalue weighted by atomic mass is 9.71. The van der Waals surface area contributed by atoms with Crippen LogP contribution in [0.25, 0.3) is 5.57 Å². The van der Waals surface area contributed by atoms with Gasteiger partial charge in [0.1, 0.15) is 0 Å². The summed E-state index contributed by atoms with van der Waals surface area (Å²) in [6.45, 7) is 1.77. The number of allylic oxidation sites excluding steroid dienone is 4. The first-order valence-electron chi connectivity index (χ1n) is 8.19. The molecule has 2 atom stereocenters. The number of hydrogen-bond donors (Lipinski definition) is 0. The van der Waals surface area contributed by atoms with E-state index >= 15 is 0 Å². The van der Waals surface area contributed by atoms with Crippen LogP contribution in [0.1, 0.15) is 31.7 Å². The number of ether oxygens (including phenoxy) is 1. The molecule has 0 bridgehead atoms. The van der Waals surface area contributed by atoms with Gasteiger partial charge in [0.15, 0.2) is 5.78 Å². The highest BCUT2D eigenvalue weighted by Gasteiger charge is 2.40. The Morgan fingerprint density at radius 1 is 1.33 bits per heavy atom. The first-order valence-corrected chi connectivity index (χ1v) is 8.19. The minimum Gasteiger partial charge on any atom is -0.460 e. The lowest BCUT2D eigenvalue weighted by Crippen LogP contribution is -2.38. The maximum Gasteiger partial charge on any atom is 0.375 e. The molecule has 124 valence electrons. The third-order valence-electron chi connectivity index (χ3n) is 4.57. The van der Waals surface area contributed by atoms with Gasteiger partial charge in [0, 0.05) is 12.4 Å². The smallest absolute Gasteiger partial charge is 0.375 e. The number of esters is 1. The number of nitrogens with zero attached hydrogens (tertiary/aromatic N) is 1. The van der Waals surface area contributed by atoms with Crippen molar-refractivity contribution in [1.82, 2.24) is 4.98 Å². The van der Waals surface area contributed by atoms with Crippen molar-refractivity contribution in [1.29, 1.82) is 0 Å². The first-order chi connectivity index (χ1) is 11.6. The topological polar surface area (TPSA) is 73.3 Å². The van der Waals surface area contributed by atoms with E-state index in [0.29, 0.717) is 12.0 Å². The summed E-state index contributed by atoms with van der Waals surface area (Å²) in [5, 5.41) is 0. The van der Waals surface area contributed by atoms with E-state index in [4.69, 9.17) is 4.74 Å². The van der Waals surface area contributed by atoms with Gasteiger partial charge in [-0.05, 0) is 61.0 Å². The van der Waals surface area contributed by atoms with Gasteiger partial charge in [-0.25, -0.2) is 4.79 Å². The fourth-order valence-corrected chi connectivity index (χ4v) is 3.32. The number of carbonyl (C=O) groups excluding carboxylic acids is 3. The monoisotopic (exact) mass is 325 g/mol. The number of hydrogen-bond acceptors (Lipinski definition) is 5. The Hall–Kier alpha value is -2.56. The Morgan fingerprint density at radius 2 is 2.17 bits per heavy atom. The van der Waals surface area contributed by atoms with Crippen LogP contribution >= 0.6 is 0 Å². The molecule has 0 aliphatic heterocycles. The van der Waals surface area contributed by atoms with E-state index in [2.05, 4.69) is 11.1 Å². The number of rotatable bonds is 4. The van der Waals surface area contributed by atoms with E-state index in [0.717, 1.165) is 24.0 Å². The largest absolute Gasteiger partial charge is 0.460 e. The molecule has 1 aromatic heterocycles. The van der Waals surface area contributed by atoms with Crippen molar-refractivity contribution in [2.24, 2.45) is 11.8 Å². The van der Waals surface area contributed by atoms with E-state index in [1.54, 1.807) is 19.3 Å². The van der Waals surface area contributed by atoms with E-state index in [1.165, 1.54) is 0 Å². The van der Waals surface area contributed by atoms with Crippen LogP contribution in [0.2, 0.25) is 0 Å². The molecule has 1 heterocycles. The number of Topliss-reactive ketones (excluding diaryl/α,β-unsaturated/α-hetero) is 2. The van der Waals surface area contributed by atoms with Gasteiger partial charge in [-0.3, -0.25) is 14.6 Å². The lowest BCUT2D eigenvalue weighted by molar-refractivity contribution is -0.157. The summed E-state index contributed by atoms with van der Waals surface area (Å²) in [5.41, 5.74) is 2.52. The maximum atomic E-state index is 12.7. The molecule has 0 aromatic carbocycles. The number of aromatic nitrogens is 1. The SMILES string of the molecule is CCOC(=O)C(=O)C1CCC2CC=C(c3cccnc3)C=C2C1=O. The van der Waals surface area contributed by atoms with Gasteiger partial charge in [-0.1, -0.05) is 12.1 Å². The van der Waals surface area contributed by atoms with Crippen molar-refractivity contribution >= 4 is 23.1 Å². The molecule has 2 aliphatic carbocycles. The highest BCUT2D eigenvalue weighted by atomic mass is 16.5. The van der Waals surface area contributed by atoms with Crippen molar-refractivity contribution in [2.75, 3.05) is 6.61 Å². The molecule has 0 spiro atoms. The van der Waals surface area contributed by atoms with Crippen molar-refractivity contribution in [3.8, 4) is 0 Å². The average molecular weight is 325 g/mol. The van der Waals surface area contributed by atoms with Crippen LogP contribution < -0.4 is 0 Å². The summed E-state index contributed by atoms with van der Waals surface area (Å²) in [6.07, 6.45) is 9.30. The molecule has 2 aliphatic rings. The average Bonchev–Trinajstić information content (AvgIpc) is 2.62. The molecule has 1 aromatic rings. The van der Waals surface area contributed by atoms with Gasteiger partial charge in [-0.15, -0.1) is 0 Å². The molecule has 5 heteroatoms. The van der Waals surface area contributed by atoms with Crippen LogP contribution in [0, 0.1) is 11.8 Å². The fourth-order valence-electron chi connectivity index (χ4n) is 3.32. The summed E-state index contributed by atoms with van der Waals surface area (Å²) in [7, 11) is 0. The van der Waals surface area contributed by atoms with Crippen LogP contribution in [-0.2, 0) is 19.1 Å². The molecule has 0 saturated heterocycles. The van der Waals surface area contributed by atoms with Gasteiger partial charge in [0.25, 0.3) is 5.78 Å². The standard InChI is InChI=1S/C19H19NO4/c1-2-24-19(23)18(22)15-8-7-12-5-6-13(10-16(12)17(15)21)14-4-3-9-20-11-14/h3-4,6,9-12,15H,2,5,7-8H2,1H3. The predicted molar refractivity (Wildman–Crippen MR) is 87.8 cm³/mol. The minimum absolute atomic E-state index is 0.129. The highest BCUT2D eigenvalue weighted by molar-refractivity contribution is 6.39. The summed E-state index contributed by atoms with van der Waals surface area (Å²) in [5.74, 6) is -2.64. The Morgan fingerprint density at radius 3 is 2.88 bits per heavy atom. The van der Waals surface area contributed by atoms with Crippen molar-refractivity contribution in [2.45, 2.75) is 26.2 Å². The van der Waals surface area contributed by atoms with Gasteiger partial charge in [0.2, 0.25) is 0 Å². The third kappa shape index (κ3) is 3.07. The molecule has 3 rings (SSSR count). The molecule has 2 unspecified atom stereocenters. The van der Waals surface area contributed by atoms with Gasteiger partial charge < -0.3 is 4.74 Å². The zero-order valence-electron chi connectivity index (χ0n) is 13.5. The number of ketones is 2. The van der Waals surface area contributed by atoms with Crippen molar-refractivity contribution in [3.63, 3.8) is 0 Å². The van der Waals surface area contributed by atoms with Crippen LogP contribution in [0.5, 0.6) is 0 Å². The molecule has 0 N–H and O–H groups in total. The fraction of sp³-hybridized carbons (Fsp3) is 0.368. The molecule has 0 amide bonds. The third-order valence-corrected chi connectivity index (χ3v) is 4.57. The Kier molecular flexibility index (Phi) is 4.69. The second kappa shape index (κ2) is 6.91. The number of carbonyl (C=O) groups is 3. The Labute approximate surface area is 140 Å². The molecule has 24 heavy (non-hydrogen) atoms. The highest BCUT2D eigenvalue weighted by Crippen LogP contribution is 2.39.